The van der Waals surface area contributed by atoms with Crippen LogP contribution in [0.3, 0.4) is 0 Å². The number of ether oxygens (including phenoxy) is 1. The van der Waals surface area contributed by atoms with Gasteiger partial charge in [0, 0.05) is 10.0 Å². The maximum Gasteiger partial charge on any atom is 0.277 e. The van der Waals surface area contributed by atoms with Gasteiger partial charge >= 0.3 is 0 Å². The summed E-state index contributed by atoms with van der Waals surface area (Å²) in [5.41, 5.74) is 2.92. The highest BCUT2D eigenvalue weighted by Gasteiger charge is 2.06. The molecule has 0 fully saturated rings. The lowest BCUT2D eigenvalue weighted by Crippen LogP contribution is -2.24. The summed E-state index contributed by atoms with van der Waals surface area (Å²) < 4.78 is 6.13. The van der Waals surface area contributed by atoms with Crippen molar-refractivity contribution in [3.05, 3.63) is 61.5 Å². The summed E-state index contributed by atoms with van der Waals surface area (Å²) in [5, 5.41) is 4.99. The van der Waals surface area contributed by atoms with E-state index in [-0.39, 0.29) is 6.61 Å². The van der Waals surface area contributed by atoms with Gasteiger partial charge in [-0.3, -0.25) is 4.79 Å². The Hall–Kier alpha value is -1.27. The molecule has 0 atom stereocenters. The third kappa shape index (κ3) is 5.39. The molecule has 2 aromatic rings. The SMILES string of the molecule is O=C(COc1ccc(Br)cc1Cl)N/N=C/c1cccc(Cl)c1Cl. The van der Waals surface area contributed by atoms with E-state index in [1.54, 1.807) is 36.4 Å². The van der Waals surface area contributed by atoms with E-state index in [9.17, 15) is 4.79 Å². The van der Waals surface area contributed by atoms with Crippen molar-refractivity contribution in [3.63, 3.8) is 0 Å². The Morgan fingerprint density at radius 1 is 1.22 bits per heavy atom. The lowest BCUT2D eigenvalue weighted by atomic mass is 10.2. The van der Waals surface area contributed by atoms with Gasteiger partial charge in [-0.25, -0.2) is 5.43 Å². The molecule has 0 saturated heterocycles. The van der Waals surface area contributed by atoms with Crippen LogP contribution in [0, 0.1) is 0 Å². The first-order chi connectivity index (χ1) is 11.0. The molecule has 23 heavy (non-hydrogen) atoms. The average molecular weight is 437 g/mol. The van der Waals surface area contributed by atoms with Crippen molar-refractivity contribution in [2.75, 3.05) is 6.61 Å². The van der Waals surface area contributed by atoms with Crippen LogP contribution in [0.5, 0.6) is 5.75 Å². The summed E-state index contributed by atoms with van der Waals surface area (Å²) in [6.07, 6.45) is 1.40. The lowest BCUT2D eigenvalue weighted by Gasteiger charge is -2.07. The predicted octanol–water partition coefficient (Wildman–Crippen LogP) is 4.94. The van der Waals surface area contributed by atoms with Gasteiger partial charge in [0.25, 0.3) is 5.91 Å². The van der Waals surface area contributed by atoms with E-state index in [2.05, 4.69) is 26.5 Å². The highest BCUT2D eigenvalue weighted by Crippen LogP contribution is 2.27. The number of benzene rings is 2. The largest absolute Gasteiger partial charge is 0.482 e. The molecule has 0 spiro atoms. The van der Waals surface area contributed by atoms with Crippen molar-refractivity contribution >= 4 is 62.9 Å². The molecule has 1 N–H and O–H groups in total. The van der Waals surface area contributed by atoms with Crippen molar-refractivity contribution in [2.24, 2.45) is 5.10 Å². The number of rotatable bonds is 5. The molecule has 0 unspecified atom stereocenters. The Morgan fingerprint density at radius 3 is 2.74 bits per heavy atom. The van der Waals surface area contributed by atoms with Crippen molar-refractivity contribution in [1.29, 1.82) is 0 Å². The summed E-state index contributed by atoms with van der Waals surface area (Å²) >= 11 is 21.2. The minimum Gasteiger partial charge on any atom is -0.482 e. The van der Waals surface area contributed by atoms with Gasteiger partial charge in [0.2, 0.25) is 0 Å². The van der Waals surface area contributed by atoms with Crippen LogP contribution < -0.4 is 10.2 Å². The Bertz CT molecular complexity index is 753. The summed E-state index contributed by atoms with van der Waals surface area (Å²) in [4.78, 5) is 11.7. The minimum atomic E-state index is -0.432. The number of nitrogens with zero attached hydrogens (tertiary/aromatic N) is 1. The average Bonchev–Trinajstić information content (AvgIpc) is 2.50. The van der Waals surface area contributed by atoms with Crippen LogP contribution in [-0.2, 0) is 4.79 Å². The second kappa shape index (κ2) is 8.55. The van der Waals surface area contributed by atoms with Crippen molar-refractivity contribution in [1.82, 2.24) is 5.43 Å². The van der Waals surface area contributed by atoms with Gasteiger partial charge < -0.3 is 4.74 Å². The predicted molar refractivity (Wildman–Crippen MR) is 96.8 cm³/mol. The minimum absolute atomic E-state index is 0.220. The van der Waals surface area contributed by atoms with Crippen LogP contribution in [0.2, 0.25) is 15.1 Å². The van der Waals surface area contributed by atoms with Gasteiger partial charge in [0.1, 0.15) is 5.75 Å². The molecule has 0 bridgehead atoms. The summed E-state index contributed by atoms with van der Waals surface area (Å²) in [6, 6.07) is 10.2. The molecule has 4 nitrogen and oxygen atoms in total. The molecule has 120 valence electrons. The zero-order valence-electron chi connectivity index (χ0n) is 11.5. The highest BCUT2D eigenvalue weighted by molar-refractivity contribution is 9.10. The number of hydrogen-bond acceptors (Lipinski definition) is 3. The molecule has 1 amide bonds. The zero-order chi connectivity index (χ0) is 16.8. The molecular formula is C15H10BrCl3N2O2. The van der Waals surface area contributed by atoms with Crippen LogP contribution in [0.4, 0.5) is 0 Å². The third-order valence-corrected chi connectivity index (χ3v) is 4.25. The van der Waals surface area contributed by atoms with Crippen LogP contribution >= 0.6 is 50.7 Å². The first-order valence-corrected chi connectivity index (χ1v) is 8.24. The van der Waals surface area contributed by atoms with Crippen LogP contribution in [-0.4, -0.2) is 18.7 Å². The molecule has 0 aliphatic heterocycles. The molecule has 0 heterocycles. The Balaban J connectivity index is 1.87. The number of carbonyl (C=O) groups is 1. The van der Waals surface area contributed by atoms with Gasteiger partial charge in [0.15, 0.2) is 6.61 Å². The third-order valence-electron chi connectivity index (χ3n) is 2.63. The van der Waals surface area contributed by atoms with Gasteiger partial charge in [-0.05, 0) is 24.3 Å². The maximum atomic E-state index is 11.7. The Labute approximate surface area is 156 Å². The Kier molecular flexibility index (Phi) is 6.72. The number of hydrazone groups is 1. The topological polar surface area (TPSA) is 50.7 Å². The second-order valence-electron chi connectivity index (χ2n) is 4.30. The van der Waals surface area contributed by atoms with Crippen molar-refractivity contribution in [3.8, 4) is 5.75 Å². The molecular weight excluding hydrogens is 426 g/mol. The summed E-state index contributed by atoms with van der Waals surface area (Å²) in [7, 11) is 0. The number of hydrogen-bond donors (Lipinski definition) is 1. The molecule has 0 saturated carbocycles. The van der Waals surface area contributed by atoms with Crippen LogP contribution in [0.1, 0.15) is 5.56 Å². The number of nitrogens with one attached hydrogen (secondary N) is 1. The number of halogens is 4. The first kappa shape index (κ1) is 18.1. The quantitative estimate of drug-likeness (QED) is 0.533. The lowest BCUT2D eigenvalue weighted by molar-refractivity contribution is -0.123. The Morgan fingerprint density at radius 2 is 2.00 bits per heavy atom. The fraction of sp³-hybridized carbons (Fsp3) is 0.0667. The summed E-state index contributed by atoms with van der Waals surface area (Å²) in [6.45, 7) is -0.220. The van der Waals surface area contributed by atoms with Gasteiger partial charge in [0.05, 0.1) is 21.3 Å². The van der Waals surface area contributed by atoms with Crippen LogP contribution in [0.15, 0.2) is 46.0 Å². The standard InChI is InChI=1S/C15H10BrCl3N2O2/c16-10-4-5-13(12(18)6-10)23-8-14(22)21-20-7-9-2-1-3-11(17)15(9)19/h1-7H,8H2,(H,21,22)/b20-7+. The van der Waals surface area contributed by atoms with Gasteiger partial charge in [-0.1, -0.05) is 62.9 Å². The molecule has 2 aromatic carbocycles. The maximum absolute atomic E-state index is 11.7. The van der Waals surface area contributed by atoms with E-state index < -0.39 is 5.91 Å². The van der Waals surface area contributed by atoms with Crippen molar-refractivity contribution in [2.45, 2.75) is 0 Å². The van der Waals surface area contributed by atoms with E-state index in [4.69, 9.17) is 39.5 Å². The molecule has 0 radical (unpaired) electrons. The van der Waals surface area contributed by atoms with Crippen molar-refractivity contribution < 1.29 is 9.53 Å². The molecule has 0 aliphatic rings. The molecule has 2 rings (SSSR count). The van der Waals surface area contributed by atoms with Crippen LogP contribution in [0.25, 0.3) is 0 Å². The van der Waals surface area contributed by atoms with E-state index in [1.807, 2.05) is 0 Å². The zero-order valence-corrected chi connectivity index (χ0v) is 15.4. The smallest absolute Gasteiger partial charge is 0.277 e. The fourth-order valence-electron chi connectivity index (χ4n) is 1.56. The second-order valence-corrected chi connectivity index (χ2v) is 6.41. The monoisotopic (exact) mass is 434 g/mol. The van der Waals surface area contributed by atoms with E-state index in [1.165, 1.54) is 6.21 Å². The normalized spacial score (nSPS) is 10.8. The van der Waals surface area contributed by atoms with E-state index in [0.717, 1.165) is 4.47 Å². The number of amides is 1. The highest BCUT2D eigenvalue weighted by atomic mass is 79.9. The molecule has 0 aliphatic carbocycles. The number of carbonyl (C=O) groups excluding carboxylic acids is 1. The summed E-state index contributed by atoms with van der Waals surface area (Å²) in [5.74, 6) is -0.0229. The van der Waals surface area contributed by atoms with Gasteiger partial charge in [-0.2, -0.15) is 5.10 Å². The van der Waals surface area contributed by atoms with Gasteiger partial charge in [-0.15, -0.1) is 0 Å². The molecule has 0 aromatic heterocycles. The fourth-order valence-corrected chi connectivity index (χ4v) is 2.65. The van der Waals surface area contributed by atoms with E-state index >= 15 is 0 Å². The first-order valence-electron chi connectivity index (χ1n) is 6.31. The van der Waals surface area contributed by atoms with E-state index in [0.29, 0.717) is 26.4 Å². The molecule has 8 heteroatoms.